The van der Waals surface area contributed by atoms with Gasteiger partial charge >= 0.3 is 5.97 Å². The fourth-order valence-electron chi connectivity index (χ4n) is 1.84. The molecule has 0 spiro atoms. The van der Waals surface area contributed by atoms with Gasteiger partial charge in [-0.15, -0.1) is 0 Å². The van der Waals surface area contributed by atoms with Crippen LogP contribution in [0.2, 0.25) is 0 Å². The molecular formula is C13H14N2O2. The quantitative estimate of drug-likeness (QED) is 0.877. The first-order valence-electron chi connectivity index (χ1n) is 5.38. The standard InChI is InChI=1S/C13H14N2O2/c1-9-4-3-5-10(6-9)12-7-11(8-13(16)17)14-15(12)2/h3-7H,8H2,1-2H3,(H,16,17). The third-order valence-corrected chi connectivity index (χ3v) is 2.58. The Bertz CT molecular complexity index is 558. The Kier molecular flexibility index (Phi) is 2.95. The predicted octanol–water partition coefficient (Wildman–Crippen LogP) is 2.02. The second-order valence-corrected chi connectivity index (χ2v) is 4.08. The van der Waals surface area contributed by atoms with Gasteiger partial charge in [0.05, 0.1) is 17.8 Å². The molecule has 2 rings (SSSR count). The van der Waals surface area contributed by atoms with E-state index in [9.17, 15) is 4.79 Å². The van der Waals surface area contributed by atoms with Gasteiger partial charge < -0.3 is 5.11 Å². The molecule has 0 saturated heterocycles. The van der Waals surface area contributed by atoms with Crippen LogP contribution in [0, 0.1) is 6.92 Å². The molecule has 0 bridgehead atoms. The van der Waals surface area contributed by atoms with Gasteiger partial charge in [-0.25, -0.2) is 0 Å². The summed E-state index contributed by atoms with van der Waals surface area (Å²) in [4.78, 5) is 10.6. The molecule has 0 amide bonds. The lowest BCUT2D eigenvalue weighted by molar-refractivity contribution is -0.136. The van der Waals surface area contributed by atoms with Crippen LogP contribution in [0.3, 0.4) is 0 Å². The monoisotopic (exact) mass is 230 g/mol. The Balaban J connectivity index is 2.39. The van der Waals surface area contributed by atoms with Crippen LogP contribution in [0.15, 0.2) is 30.3 Å². The molecule has 88 valence electrons. The largest absolute Gasteiger partial charge is 0.481 e. The van der Waals surface area contributed by atoms with Crippen LogP contribution in [0.5, 0.6) is 0 Å². The number of rotatable bonds is 3. The van der Waals surface area contributed by atoms with Crippen LogP contribution in [0.1, 0.15) is 11.3 Å². The SMILES string of the molecule is Cc1cccc(-c2cc(CC(=O)O)nn2C)c1. The van der Waals surface area contributed by atoms with E-state index in [-0.39, 0.29) is 6.42 Å². The molecule has 0 aliphatic heterocycles. The summed E-state index contributed by atoms with van der Waals surface area (Å²) >= 11 is 0. The van der Waals surface area contributed by atoms with E-state index in [1.165, 1.54) is 5.56 Å². The van der Waals surface area contributed by atoms with E-state index >= 15 is 0 Å². The Labute approximate surface area is 99.5 Å². The van der Waals surface area contributed by atoms with Crippen molar-refractivity contribution >= 4 is 5.97 Å². The van der Waals surface area contributed by atoms with Crippen molar-refractivity contribution in [1.82, 2.24) is 9.78 Å². The molecule has 1 N–H and O–H groups in total. The van der Waals surface area contributed by atoms with E-state index < -0.39 is 5.97 Å². The summed E-state index contributed by atoms with van der Waals surface area (Å²) < 4.78 is 1.72. The van der Waals surface area contributed by atoms with E-state index in [1.807, 2.05) is 38.2 Å². The summed E-state index contributed by atoms with van der Waals surface area (Å²) in [6.07, 6.45) is -0.0420. The number of aryl methyl sites for hydroxylation is 2. The summed E-state index contributed by atoms with van der Waals surface area (Å²) in [6.45, 7) is 2.03. The highest BCUT2D eigenvalue weighted by Crippen LogP contribution is 2.21. The van der Waals surface area contributed by atoms with Gasteiger partial charge in [0, 0.05) is 12.6 Å². The maximum atomic E-state index is 10.6. The van der Waals surface area contributed by atoms with E-state index in [4.69, 9.17) is 5.11 Å². The lowest BCUT2D eigenvalue weighted by Crippen LogP contribution is -2.01. The normalized spacial score (nSPS) is 10.5. The van der Waals surface area contributed by atoms with E-state index in [0.29, 0.717) is 5.69 Å². The number of nitrogens with zero attached hydrogens (tertiary/aromatic N) is 2. The molecular weight excluding hydrogens is 216 g/mol. The molecule has 4 heteroatoms. The molecule has 0 saturated carbocycles. The maximum Gasteiger partial charge on any atom is 0.309 e. The topological polar surface area (TPSA) is 55.1 Å². The van der Waals surface area contributed by atoms with Crippen molar-refractivity contribution in [3.05, 3.63) is 41.6 Å². The fourth-order valence-corrected chi connectivity index (χ4v) is 1.84. The Morgan fingerprint density at radius 2 is 2.18 bits per heavy atom. The van der Waals surface area contributed by atoms with Gasteiger partial charge in [-0.05, 0) is 19.1 Å². The molecule has 2 aromatic rings. The minimum atomic E-state index is -0.862. The Hall–Kier alpha value is -2.10. The number of hydrogen-bond donors (Lipinski definition) is 1. The first-order valence-corrected chi connectivity index (χ1v) is 5.38. The molecule has 1 aromatic carbocycles. The van der Waals surface area contributed by atoms with Gasteiger partial charge in [0.25, 0.3) is 0 Å². The summed E-state index contributed by atoms with van der Waals surface area (Å²) in [6, 6.07) is 9.88. The van der Waals surface area contributed by atoms with Crippen molar-refractivity contribution in [2.75, 3.05) is 0 Å². The van der Waals surface area contributed by atoms with Crippen LogP contribution < -0.4 is 0 Å². The smallest absolute Gasteiger partial charge is 0.309 e. The lowest BCUT2D eigenvalue weighted by Gasteiger charge is -2.02. The second kappa shape index (κ2) is 4.41. The molecule has 0 fully saturated rings. The molecule has 0 radical (unpaired) electrons. The highest BCUT2D eigenvalue weighted by atomic mass is 16.4. The Morgan fingerprint density at radius 1 is 1.41 bits per heavy atom. The molecule has 17 heavy (non-hydrogen) atoms. The van der Waals surface area contributed by atoms with Gasteiger partial charge in [0.1, 0.15) is 0 Å². The number of benzene rings is 1. The van der Waals surface area contributed by atoms with Crippen molar-refractivity contribution in [3.63, 3.8) is 0 Å². The van der Waals surface area contributed by atoms with Crippen LogP contribution in [-0.2, 0) is 18.3 Å². The van der Waals surface area contributed by atoms with Gasteiger partial charge in [0.15, 0.2) is 0 Å². The highest BCUT2D eigenvalue weighted by molar-refractivity contribution is 5.70. The maximum absolute atomic E-state index is 10.6. The fraction of sp³-hybridized carbons (Fsp3) is 0.231. The predicted molar refractivity (Wildman–Crippen MR) is 64.7 cm³/mol. The molecule has 0 aliphatic rings. The number of carboxylic acids is 1. The molecule has 4 nitrogen and oxygen atoms in total. The molecule has 0 aliphatic carbocycles. The average Bonchev–Trinajstić information content (AvgIpc) is 2.58. The number of hydrogen-bond acceptors (Lipinski definition) is 2. The number of carboxylic acid groups (broad SMARTS) is 1. The van der Waals surface area contributed by atoms with Crippen LogP contribution in [-0.4, -0.2) is 20.9 Å². The van der Waals surface area contributed by atoms with Crippen molar-refractivity contribution in [2.24, 2.45) is 7.05 Å². The average molecular weight is 230 g/mol. The van der Waals surface area contributed by atoms with Crippen molar-refractivity contribution in [2.45, 2.75) is 13.3 Å². The second-order valence-electron chi connectivity index (χ2n) is 4.08. The highest BCUT2D eigenvalue weighted by Gasteiger charge is 2.09. The molecule has 0 unspecified atom stereocenters. The third-order valence-electron chi connectivity index (χ3n) is 2.58. The molecule has 1 aromatic heterocycles. The zero-order valence-corrected chi connectivity index (χ0v) is 9.84. The van der Waals surface area contributed by atoms with Crippen LogP contribution >= 0.6 is 0 Å². The zero-order valence-electron chi connectivity index (χ0n) is 9.84. The number of aromatic nitrogens is 2. The van der Waals surface area contributed by atoms with Crippen molar-refractivity contribution < 1.29 is 9.90 Å². The van der Waals surface area contributed by atoms with Gasteiger partial charge in [-0.2, -0.15) is 5.10 Å². The zero-order chi connectivity index (χ0) is 12.4. The first kappa shape index (κ1) is 11.4. The summed E-state index contributed by atoms with van der Waals surface area (Å²) in [7, 11) is 1.82. The van der Waals surface area contributed by atoms with Gasteiger partial charge in [0.2, 0.25) is 0 Å². The van der Waals surface area contributed by atoms with Gasteiger partial charge in [-0.1, -0.05) is 23.8 Å². The van der Waals surface area contributed by atoms with Crippen molar-refractivity contribution in [1.29, 1.82) is 0 Å². The third kappa shape index (κ3) is 2.53. The minimum Gasteiger partial charge on any atom is -0.481 e. The van der Waals surface area contributed by atoms with Crippen LogP contribution in [0.4, 0.5) is 0 Å². The minimum absolute atomic E-state index is 0.0420. The summed E-state index contributed by atoms with van der Waals surface area (Å²) in [5.41, 5.74) is 3.74. The Morgan fingerprint density at radius 3 is 2.82 bits per heavy atom. The number of carbonyl (C=O) groups is 1. The first-order chi connectivity index (χ1) is 8.06. The van der Waals surface area contributed by atoms with Crippen LogP contribution in [0.25, 0.3) is 11.3 Å². The van der Waals surface area contributed by atoms with E-state index in [1.54, 1.807) is 4.68 Å². The summed E-state index contributed by atoms with van der Waals surface area (Å²) in [5.74, 6) is -0.862. The molecule has 0 atom stereocenters. The van der Waals surface area contributed by atoms with E-state index in [0.717, 1.165) is 11.3 Å². The lowest BCUT2D eigenvalue weighted by atomic mass is 10.1. The summed E-state index contributed by atoms with van der Waals surface area (Å²) in [5, 5.41) is 12.9. The van der Waals surface area contributed by atoms with Crippen molar-refractivity contribution in [3.8, 4) is 11.3 Å². The van der Waals surface area contributed by atoms with E-state index in [2.05, 4.69) is 11.2 Å². The van der Waals surface area contributed by atoms with Gasteiger partial charge in [-0.3, -0.25) is 9.48 Å². The molecule has 1 heterocycles. The number of aliphatic carboxylic acids is 1.